The fourth-order valence-electron chi connectivity index (χ4n) is 2.15. The van der Waals surface area contributed by atoms with Gasteiger partial charge in [0.05, 0.1) is 6.61 Å². The van der Waals surface area contributed by atoms with Crippen molar-refractivity contribution >= 4 is 33.6 Å². The van der Waals surface area contributed by atoms with E-state index < -0.39 is 0 Å². The molecule has 0 heterocycles. The van der Waals surface area contributed by atoms with E-state index in [1.807, 2.05) is 57.2 Å². The maximum Gasteiger partial charge on any atom is 0.248 e. The average Bonchev–Trinajstić information content (AvgIpc) is 2.51. The summed E-state index contributed by atoms with van der Waals surface area (Å²) in [5.74, 6) is 0.590. The highest BCUT2D eigenvalue weighted by Gasteiger charge is 2.04. The van der Waals surface area contributed by atoms with E-state index in [2.05, 4.69) is 21.2 Å². The number of carbonyl (C=O) groups is 1. The van der Waals surface area contributed by atoms with Crippen molar-refractivity contribution in [2.75, 3.05) is 11.9 Å². The van der Waals surface area contributed by atoms with Crippen LogP contribution in [0.2, 0.25) is 0 Å². The highest BCUT2D eigenvalue weighted by molar-refractivity contribution is 9.10. The molecule has 2 aromatic carbocycles. The lowest BCUT2D eigenvalue weighted by atomic mass is 10.1. The van der Waals surface area contributed by atoms with Crippen LogP contribution in [-0.2, 0) is 4.79 Å². The summed E-state index contributed by atoms with van der Waals surface area (Å²) in [4.78, 5) is 12.2. The van der Waals surface area contributed by atoms with Crippen molar-refractivity contribution < 1.29 is 9.53 Å². The van der Waals surface area contributed by atoms with E-state index in [-0.39, 0.29) is 5.91 Å². The molecule has 0 saturated heterocycles. The zero-order valence-electron chi connectivity index (χ0n) is 13.5. The molecule has 0 atom stereocenters. The van der Waals surface area contributed by atoms with Gasteiger partial charge in [-0.05, 0) is 62.2 Å². The minimum Gasteiger partial charge on any atom is -0.493 e. The Morgan fingerprint density at radius 3 is 2.74 bits per heavy atom. The molecule has 0 radical (unpaired) electrons. The predicted molar refractivity (Wildman–Crippen MR) is 98.9 cm³/mol. The highest BCUT2D eigenvalue weighted by atomic mass is 79.9. The van der Waals surface area contributed by atoms with E-state index in [1.54, 1.807) is 6.08 Å². The van der Waals surface area contributed by atoms with E-state index >= 15 is 0 Å². The topological polar surface area (TPSA) is 38.3 Å². The Hall–Kier alpha value is -2.07. The molecule has 0 bridgehead atoms. The van der Waals surface area contributed by atoms with E-state index in [4.69, 9.17) is 4.74 Å². The van der Waals surface area contributed by atoms with Crippen LogP contribution in [0.4, 0.5) is 5.69 Å². The van der Waals surface area contributed by atoms with Crippen molar-refractivity contribution in [3.63, 3.8) is 0 Å². The Bertz CT molecular complexity index is 738. The first kappa shape index (κ1) is 17.3. The third-order valence-corrected chi connectivity index (χ3v) is 3.83. The summed E-state index contributed by atoms with van der Waals surface area (Å²) in [5.41, 5.74) is 3.84. The van der Waals surface area contributed by atoms with Crippen molar-refractivity contribution in [1.29, 1.82) is 0 Å². The Kier molecular flexibility index (Phi) is 5.99. The van der Waals surface area contributed by atoms with Crippen LogP contribution in [0.15, 0.2) is 46.9 Å². The van der Waals surface area contributed by atoms with Gasteiger partial charge in [0.15, 0.2) is 0 Å². The molecule has 0 aliphatic rings. The van der Waals surface area contributed by atoms with Crippen LogP contribution in [0, 0.1) is 13.8 Å². The second-order valence-corrected chi connectivity index (χ2v) is 6.17. The summed E-state index contributed by atoms with van der Waals surface area (Å²) < 4.78 is 6.51. The second-order valence-electron chi connectivity index (χ2n) is 5.26. The molecule has 23 heavy (non-hydrogen) atoms. The van der Waals surface area contributed by atoms with Crippen LogP contribution in [0.3, 0.4) is 0 Å². The van der Waals surface area contributed by atoms with E-state index in [1.165, 1.54) is 6.08 Å². The maximum atomic E-state index is 12.2. The number of aryl methyl sites for hydroxylation is 2. The largest absolute Gasteiger partial charge is 0.493 e. The first-order valence-electron chi connectivity index (χ1n) is 7.48. The van der Waals surface area contributed by atoms with Crippen molar-refractivity contribution in [2.45, 2.75) is 20.8 Å². The summed E-state index contributed by atoms with van der Waals surface area (Å²) in [5, 5.41) is 2.91. The number of ether oxygens (including phenoxy) is 1. The predicted octanol–water partition coefficient (Wildman–Crippen LogP) is 5.12. The van der Waals surface area contributed by atoms with Gasteiger partial charge in [0.25, 0.3) is 0 Å². The SMILES string of the molecule is CCOc1ccc(Br)cc1/C=C/C(=O)Nc1cc(C)ccc1C. The molecule has 120 valence electrons. The van der Waals surface area contributed by atoms with Crippen LogP contribution in [0.5, 0.6) is 5.75 Å². The zero-order chi connectivity index (χ0) is 16.8. The number of anilines is 1. The number of rotatable bonds is 5. The summed E-state index contributed by atoms with van der Waals surface area (Å²) in [6.07, 6.45) is 3.28. The number of hydrogen-bond donors (Lipinski definition) is 1. The Labute approximate surface area is 145 Å². The quantitative estimate of drug-likeness (QED) is 0.738. The first-order chi connectivity index (χ1) is 11.0. The minimum atomic E-state index is -0.166. The molecule has 4 heteroatoms. The molecule has 2 aromatic rings. The third-order valence-electron chi connectivity index (χ3n) is 3.34. The van der Waals surface area contributed by atoms with Crippen LogP contribution in [0.1, 0.15) is 23.6 Å². The van der Waals surface area contributed by atoms with Gasteiger partial charge in [0.2, 0.25) is 5.91 Å². The van der Waals surface area contributed by atoms with Crippen LogP contribution in [-0.4, -0.2) is 12.5 Å². The van der Waals surface area contributed by atoms with Gasteiger partial charge in [-0.2, -0.15) is 0 Å². The minimum absolute atomic E-state index is 0.166. The van der Waals surface area contributed by atoms with Gasteiger partial charge in [-0.3, -0.25) is 4.79 Å². The lowest BCUT2D eigenvalue weighted by Gasteiger charge is -2.09. The smallest absolute Gasteiger partial charge is 0.248 e. The van der Waals surface area contributed by atoms with Gasteiger partial charge in [-0.15, -0.1) is 0 Å². The van der Waals surface area contributed by atoms with E-state index in [0.717, 1.165) is 32.6 Å². The molecule has 1 N–H and O–H groups in total. The molecule has 0 unspecified atom stereocenters. The summed E-state index contributed by atoms with van der Waals surface area (Å²) >= 11 is 3.44. The van der Waals surface area contributed by atoms with Gasteiger partial charge in [-0.1, -0.05) is 28.1 Å². The molecule has 2 rings (SSSR count). The van der Waals surface area contributed by atoms with Gasteiger partial charge in [0.1, 0.15) is 5.75 Å². The molecule has 0 aliphatic carbocycles. The molecular formula is C19H20BrNO2. The average molecular weight is 374 g/mol. The zero-order valence-corrected chi connectivity index (χ0v) is 15.1. The summed E-state index contributed by atoms with van der Waals surface area (Å²) in [6.45, 7) is 6.49. The monoisotopic (exact) mass is 373 g/mol. The maximum absolute atomic E-state index is 12.2. The van der Waals surface area contributed by atoms with Crippen molar-refractivity contribution in [1.82, 2.24) is 0 Å². The highest BCUT2D eigenvalue weighted by Crippen LogP contribution is 2.24. The van der Waals surface area contributed by atoms with Crippen molar-refractivity contribution in [3.8, 4) is 5.75 Å². The summed E-state index contributed by atoms with van der Waals surface area (Å²) in [6, 6.07) is 11.7. The van der Waals surface area contributed by atoms with Gasteiger partial charge < -0.3 is 10.1 Å². The number of halogens is 1. The molecule has 0 aliphatic heterocycles. The summed E-state index contributed by atoms with van der Waals surface area (Å²) in [7, 11) is 0. The fraction of sp³-hybridized carbons (Fsp3) is 0.211. The fourth-order valence-corrected chi connectivity index (χ4v) is 2.53. The molecule has 0 spiro atoms. The Morgan fingerprint density at radius 2 is 2.00 bits per heavy atom. The van der Waals surface area contributed by atoms with Crippen molar-refractivity contribution in [2.24, 2.45) is 0 Å². The lowest BCUT2D eigenvalue weighted by molar-refractivity contribution is -0.111. The lowest BCUT2D eigenvalue weighted by Crippen LogP contribution is -2.09. The molecule has 0 aromatic heterocycles. The Balaban J connectivity index is 2.15. The number of nitrogens with one attached hydrogen (secondary N) is 1. The molecule has 3 nitrogen and oxygen atoms in total. The van der Waals surface area contributed by atoms with E-state index in [9.17, 15) is 4.79 Å². The molecule has 0 saturated carbocycles. The van der Waals surface area contributed by atoms with Gasteiger partial charge in [0, 0.05) is 21.8 Å². The molecule has 1 amide bonds. The van der Waals surface area contributed by atoms with Crippen LogP contribution < -0.4 is 10.1 Å². The van der Waals surface area contributed by atoms with Crippen LogP contribution >= 0.6 is 15.9 Å². The van der Waals surface area contributed by atoms with Crippen molar-refractivity contribution in [3.05, 3.63) is 63.6 Å². The van der Waals surface area contributed by atoms with Crippen LogP contribution in [0.25, 0.3) is 6.08 Å². The number of benzene rings is 2. The Morgan fingerprint density at radius 1 is 1.22 bits per heavy atom. The van der Waals surface area contributed by atoms with E-state index in [0.29, 0.717) is 6.61 Å². The normalized spacial score (nSPS) is 10.8. The second kappa shape index (κ2) is 7.97. The molecular weight excluding hydrogens is 354 g/mol. The van der Waals surface area contributed by atoms with Gasteiger partial charge >= 0.3 is 0 Å². The number of carbonyl (C=O) groups excluding carboxylic acids is 1. The first-order valence-corrected chi connectivity index (χ1v) is 8.27. The standard InChI is InChI=1S/C19H20BrNO2/c1-4-23-18-9-8-16(20)12-15(18)7-10-19(22)21-17-11-13(2)5-6-14(17)3/h5-12H,4H2,1-3H3,(H,21,22)/b10-7+. The number of hydrogen-bond acceptors (Lipinski definition) is 2. The third kappa shape index (κ3) is 4.96. The molecule has 0 fully saturated rings. The van der Waals surface area contributed by atoms with Gasteiger partial charge in [-0.25, -0.2) is 0 Å². The number of amides is 1.